The smallest absolute Gasteiger partial charge is 0.129 e. The van der Waals surface area contributed by atoms with Crippen LogP contribution in [0.15, 0.2) is 47.4 Å². The average molecular weight is 322 g/mol. The van der Waals surface area contributed by atoms with E-state index in [0.717, 1.165) is 16.9 Å². The summed E-state index contributed by atoms with van der Waals surface area (Å²) >= 11 is 9.47. The lowest BCUT2D eigenvalue weighted by Gasteiger charge is -2.09. The highest BCUT2D eigenvalue weighted by Crippen LogP contribution is 2.38. The molecule has 0 bridgehead atoms. The van der Waals surface area contributed by atoms with Gasteiger partial charge in [0.1, 0.15) is 12.4 Å². The van der Waals surface area contributed by atoms with E-state index in [9.17, 15) is 0 Å². The van der Waals surface area contributed by atoms with Crippen LogP contribution >= 0.6 is 27.5 Å². The lowest BCUT2D eigenvalue weighted by atomic mass is 9.96. The quantitative estimate of drug-likeness (QED) is 0.662. The Labute approximate surface area is 119 Å². The summed E-state index contributed by atoms with van der Waals surface area (Å²) in [6.07, 6.45) is 0. The Balaban J connectivity index is 2.25. The minimum atomic E-state index is 0.563. The van der Waals surface area contributed by atoms with Crippen molar-refractivity contribution >= 4 is 33.1 Å². The SMILES string of the molecule is Clc1ccc2c(c1)OCc1ccccc1C2=CBr. The number of halogens is 2. The van der Waals surface area contributed by atoms with Crippen LogP contribution in [0.4, 0.5) is 0 Å². The fourth-order valence-corrected chi connectivity index (χ4v) is 2.82. The highest BCUT2D eigenvalue weighted by molar-refractivity contribution is 9.11. The zero-order chi connectivity index (χ0) is 12.5. The molecule has 1 nitrogen and oxygen atoms in total. The van der Waals surface area contributed by atoms with Crippen LogP contribution in [0.3, 0.4) is 0 Å². The number of benzene rings is 2. The summed E-state index contributed by atoms with van der Waals surface area (Å²) in [5.74, 6) is 0.824. The van der Waals surface area contributed by atoms with E-state index in [1.54, 1.807) is 0 Å². The average Bonchev–Trinajstić information content (AvgIpc) is 2.55. The summed E-state index contributed by atoms with van der Waals surface area (Å²) in [5, 5.41) is 0.689. The third-order valence-electron chi connectivity index (χ3n) is 3.03. The first-order chi connectivity index (χ1) is 8.79. The highest BCUT2D eigenvalue weighted by atomic mass is 79.9. The van der Waals surface area contributed by atoms with E-state index in [1.807, 2.05) is 35.3 Å². The Morgan fingerprint density at radius 3 is 2.78 bits per heavy atom. The lowest BCUT2D eigenvalue weighted by Crippen LogP contribution is -1.94. The molecule has 0 radical (unpaired) electrons. The molecule has 18 heavy (non-hydrogen) atoms. The van der Waals surface area contributed by atoms with Crippen molar-refractivity contribution in [1.82, 2.24) is 0 Å². The Morgan fingerprint density at radius 1 is 1.11 bits per heavy atom. The van der Waals surface area contributed by atoms with Gasteiger partial charge in [0.15, 0.2) is 0 Å². The molecule has 3 heteroatoms. The third-order valence-corrected chi connectivity index (χ3v) is 3.73. The molecule has 0 atom stereocenters. The molecule has 0 aliphatic carbocycles. The van der Waals surface area contributed by atoms with Crippen LogP contribution in [0.25, 0.3) is 5.57 Å². The summed E-state index contributed by atoms with van der Waals surface area (Å²) in [6.45, 7) is 0.563. The molecule has 2 aromatic carbocycles. The maximum absolute atomic E-state index is 6.02. The summed E-state index contributed by atoms with van der Waals surface area (Å²) in [4.78, 5) is 1.94. The van der Waals surface area contributed by atoms with Crippen molar-refractivity contribution in [1.29, 1.82) is 0 Å². The van der Waals surface area contributed by atoms with Crippen LogP contribution in [-0.2, 0) is 6.61 Å². The lowest BCUT2D eigenvalue weighted by molar-refractivity contribution is 0.307. The predicted octanol–water partition coefficient (Wildman–Crippen LogP) is 5.02. The third kappa shape index (κ3) is 1.96. The van der Waals surface area contributed by atoms with Gasteiger partial charge in [-0.1, -0.05) is 51.8 Å². The predicted molar refractivity (Wildman–Crippen MR) is 78.2 cm³/mol. The molecule has 2 aromatic rings. The molecule has 1 aliphatic heterocycles. The normalized spacial score (nSPS) is 15.6. The minimum Gasteiger partial charge on any atom is -0.488 e. The Morgan fingerprint density at radius 2 is 1.94 bits per heavy atom. The Hall–Kier alpha value is -1.25. The van der Waals surface area contributed by atoms with Crippen LogP contribution in [-0.4, -0.2) is 0 Å². The van der Waals surface area contributed by atoms with Gasteiger partial charge in [0.2, 0.25) is 0 Å². The topological polar surface area (TPSA) is 9.23 Å². The Bertz CT molecular complexity index is 634. The van der Waals surface area contributed by atoms with Gasteiger partial charge in [0, 0.05) is 10.6 Å². The van der Waals surface area contributed by atoms with Crippen LogP contribution < -0.4 is 4.74 Å². The van der Waals surface area contributed by atoms with E-state index in [1.165, 1.54) is 11.1 Å². The number of fused-ring (bicyclic) bond motifs is 2. The molecule has 1 heterocycles. The Kier molecular flexibility index (Phi) is 3.14. The largest absolute Gasteiger partial charge is 0.488 e. The van der Waals surface area contributed by atoms with Gasteiger partial charge in [-0.15, -0.1) is 0 Å². The van der Waals surface area contributed by atoms with Crippen LogP contribution in [0.5, 0.6) is 5.75 Å². The molecule has 0 N–H and O–H groups in total. The van der Waals surface area contributed by atoms with Gasteiger partial charge >= 0.3 is 0 Å². The fourth-order valence-electron chi connectivity index (χ4n) is 2.17. The highest BCUT2D eigenvalue weighted by Gasteiger charge is 2.18. The first-order valence-electron chi connectivity index (χ1n) is 5.61. The molecular weight excluding hydrogens is 312 g/mol. The fraction of sp³-hybridized carbons (Fsp3) is 0.0667. The van der Waals surface area contributed by atoms with Gasteiger partial charge in [-0.3, -0.25) is 0 Å². The van der Waals surface area contributed by atoms with E-state index in [-0.39, 0.29) is 0 Å². The number of hydrogen-bond donors (Lipinski definition) is 0. The summed E-state index contributed by atoms with van der Waals surface area (Å²) < 4.78 is 5.84. The zero-order valence-corrected chi connectivity index (χ0v) is 11.8. The molecule has 0 saturated carbocycles. The molecule has 1 aliphatic rings. The van der Waals surface area contributed by atoms with Crippen LogP contribution in [0.1, 0.15) is 16.7 Å². The maximum atomic E-state index is 6.02. The van der Waals surface area contributed by atoms with Gasteiger partial charge in [0.05, 0.1) is 0 Å². The zero-order valence-electron chi connectivity index (χ0n) is 9.49. The summed E-state index contributed by atoms with van der Waals surface area (Å²) in [5.41, 5.74) is 4.54. The molecular formula is C15H10BrClO. The van der Waals surface area contributed by atoms with Crippen molar-refractivity contribution in [2.75, 3.05) is 0 Å². The minimum absolute atomic E-state index is 0.563. The molecule has 0 fully saturated rings. The maximum Gasteiger partial charge on any atom is 0.129 e. The number of ether oxygens (including phenoxy) is 1. The van der Waals surface area contributed by atoms with Gasteiger partial charge in [-0.05, 0) is 39.9 Å². The van der Waals surface area contributed by atoms with E-state index in [2.05, 4.69) is 28.1 Å². The van der Waals surface area contributed by atoms with Crippen LogP contribution in [0.2, 0.25) is 5.02 Å². The second-order valence-corrected chi connectivity index (χ2v) is 5.00. The van der Waals surface area contributed by atoms with Crippen molar-refractivity contribution < 1.29 is 4.74 Å². The molecule has 90 valence electrons. The van der Waals surface area contributed by atoms with Crippen molar-refractivity contribution in [2.45, 2.75) is 6.61 Å². The first kappa shape index (κ1) is 11.8. The van der Waals surface area contributed by atoms with Crippen molar-refractivity contribution in [3.63, 3.8) is 0 Å². The monoisotopic (exact) mass is 320 g/mol. The first-order valence-corrected chi connectivity index (χ1v) is 6.90. The second-order valence-electron chi connectivity index (χ2n) is 4.11. The standard InChI is InChI=1S/C15H10BrClO/c16-8-14-12-4-2-1-3-10(12)9-18-15-7-11(17)5-6-13(14)15/h1-8H,9H2. The van der Waals surface area contributed by atoms with E-state index < -0.39 is 0 Å². The van der Waals surface area contributed by atoms with Gasteiger partial charge in [-0.2, -0.15) is 0 Å². The van der Waals surface area contributed by atoms with Gasteiger partial charge in [-0.25, -0.2) is 0 Å². The van der Waals surface area contributed by atoms with Crippen molar-refractivity contribution in [3.8, 4) is 5.75 Å². The van der Waals surface area contributed by atoms with E-state index in [4.69, 9.17) is 16.3 Å². The second kappa shape index (κ2) is 4.79. The van der Waals surface area contributed by atoms with E-state index >= 15 is 0 Å². The van der Waals surface area contributed by atoms with Crippen molar-refractivity contribution in [3.05, 3.63) is 69.2 Å². The molecule has 0 spiro atoms. The number of hydrogen-bond acceptors (Lipinski definition) is 1. The van der Waals surface area contributed by atoms with Gasteiger partial charge < -0.3 is 4.74 Å². The van der Waals surface area contributed by atoms with Gasteiger partial charge in [0.25, 0.3) is 0 Å². The van der Waals surface area contributed by atoms with Crippen molar-refractivity contribution in [2.24, 2.45) is 0 Å². The molecule has 0 unspecified atom stereocenters. The number of rotatable bonds is 0. The molecule has 0 aromatic heterocycles. The summed E-state index contributed by atoms with van der Waals surface area (Å²) in [7, 11) is 0. The summed E-state index contributed by atoms with van der Waals surface area (Å²) in [6, 6.07) is 14.0. The van der Waals surface area contributed by atoms with E-state index in [0.29, 0.717) is 11.6 Å². The van der Waals surface area contributed by atoms with Crippen LogP contribution in [0, 0.1) is 0 Å². The molecule has 3 rings (SSSR count). The molecule has 0 amide bonds. The molecule has 0 saturated heterocycles.